The summed E-state index contributed by atoms with van der Waals surface area (Å²) in [5.74, 6) is 1.04. The number of anilines is 1. The summed E-state index contributed by atoms with van der Waals surface area (Å²) in [7, 11) is 0. The molecule has 172 valence electrons. The molecule has 4 aliphatic rings. The molecule has 8 nitrogen and oxygen atoms in total. The van der Waals surface area contributed by atoms with Gasteiger partial charge in [-0.3, -0.25) is 19.2 Å². The Hall–Kier alpha value is -2.90. The van der Waals surface area contributed by atoms with Crippen molar-refractivity contribution < 1.29 is 19.2 Å². The van der Waals surface area contributed by atoms with E-state index in [1.807, 2.05) is 0 Å². The van der Waals surface area contributed by atoms with Crippen LogP contribution in [0.15, 0.2) is 24.3 Å². The number of nitrogens with one attached hydrogen (secondary N) is 3. The lowest BCUT2D eigenvalue weighted by Gasteiger charge is -2.55. The van der Waals surface area contributed by atoms with Gasteiger partial charge in [-0.25, -0.2) is 0 Å². The van der Waals surface area contributed by atoms with E-state index >= 15 is 0 Å². The number of hydrogen-bond donors (Lipinski definition) is 4. The fourth-order valence-corrected chi connectivity index (χ4v) is 6.26. The van der Waals surface area contributed by atoms with Crippen LogP contribution in [0.2, 0.25) is 0 Å². The first kappa shape index (κ1) is 22.3. The maximum atomic E-state index is 13.0. The number of hydrogen-bond acceptors (Lipinski definition) is 4. The van der Waals surface area contributed by atoms with Gasteiger partial charge in [-0.15, -0.1) is 0 Å². The number of carbonyl (C=O) groups excluding carboxylic acids is 4. The van der Waals surface area contributed by atoms with Gasteiger partial charge in [0.1, 0.15) is 0 Å². The third-order valence-corrected chi connectivity index (χ3v) is 7.26. The molecule has 8 heteroatoms. The van der Waals surface area contributed by atoms with Crippen LogP contribution in [-0.4, -0.2) is 36.7 Å². The van der Waals surface area contributed by atoms with Crippen LogP contribution in [0, 0.1) is 23.2 Å². The minimum absolute atomic E-state index is 0.0453. The molecular weight excluding hydrogens is 408 g/mol. The van der Waals surface area contributed by atoms with Crippen molar-refractivity contribution in [2.45, 2.75) is 51.4 Å². The summed E-state index contributed by atoms with van der Waals surface area (Å²) < 4.78 is 0. The lowest BCUT2D eigenvalue weighted by molar-refractivity contribution is -0.146. The molecule has 0 aliphatic heterocycles. The van der Waals surface area contributed by atoms with E-state index in [2.05, 4.69) is 16.0 Å². The van der Waals surface area contributed by atoms with E-state index in [0.29, 0.717) is 29.0 Å². The summed E-state index contributed by atoms with van der Waals surface area (Å²) in [5.41, 5.74) is 5.56. The van der Waals surface area contributed by atoms with Gasteiger partial charge in [0.2, 0.25) is 17.7 Å². The van der Waals surface area contributed by atoms with Crippen molar-refractivity contribution in [3.8, 4) is 0 Å². The fourth-order valence-electron chi connectivity index (χ4n) is 6.26. The standard InChI is InChI=1S/C24H32N4O4/c25-20(29)5-7-26-22(31)18-3-1-2-4-19(18)28-21(30)6-8-27-23(32)24-12-15-9-16(13-24)11-17(10-15)14-24/h1-4,15-17H,5-14H2,(H2,25,29)(H,26,31)(H,27,32)(H,28,30). The van der Waals surface area contributed by atoms with Crippen LogP contribution in [0.3, 0.4) is 0 Å². The molecule has 5 N–H and O–H groups in total. The molecule has 0 saturated heterocycles. The molecule has 4 amide bonds. The van der Waals surface area contributed by atoms with Crippen molar-refractivity contribution in [2.75, 3.05) is 18.4 Å². The van der Waals surface area contributed by atoms with Gasteiger partial charge in [0.25, 0.3) is 5.91 Å². The van der Waals surface area contributed by atoms with Crippen LogP contribution in [0.25, 0.3) is 0 Å². The predicted octanol–water partition coefficient (Wildman–Crippen LogP) is 1.95. The van der Waals surface area contributed by atoms with Gasteiger partial charge < -0.3 is 21.7 Å². The molecule has 4 saturated carbocycles. The zero-order valence-corrected chi connectivity index (χ0v) is 18.3. The van der Waals surface area contributed by atoms with Crippen molar-refractivity contribution in [3.63, 3.8) is 0 Å². The topological polar surface area (TPSA) is 130 Å². The Morgan fingerprint density at radius 2 is 1.47 bits per heavy atom. The van der Waals surface area contributed by atoms with Crippen LogP contribution in [0.4, 0.5) is 5.69 Å². The Morgan fingerprint density at radius 1 is 0.875 bits per heavy atom. The maximum absolute atomic E-state index is 13.0. The number of carbonyl (C=O) groups is 4. The quantitative estimate of drug-likeness (QED) is 0.467. The number of nitrogens with two attached hydrogens (primary N) is 1. The van der Waals surface area contributed by atoms with Crippen molar-refractivity contribution in [2.24, 2.45) is 28.9 Å². The van der Waals surface area contributed by atoms with Gasteiger partial charge in [-0.2, -0.15) is 0 Å². The summed E-state index contributed by atoms with van der Waals surface area (Å²) in [6, 6.07) is 6.67. The highest BCUT2D eigenvalue weighted by atomic mass is 16.2. The Kier molecular flexibility index (Phi) is 6.48. The SMILES string of the molecule is NC(=O)CCNC(=O)c1ccccc1NC(=O)CCNC(=O)C12CC3CC(CC(C3)C1)C2. The molecule has 0 spiro atoms. The minimum Gasteiger partial charge on any atom is -0.370 e. The number of para-hydroxylation sites is 1. The van der Waals surface area contributed by atoms with Crippen molar-refractivity contribution in [1.82, 2.24) is 10.6 Å². The average molecular weight is 441 g/mol. The molecular formula is C24H32N4O4. The third kappa shape index (κ3) is 4.95. The molecule has 1 aromatic rings. The van der Waals surface area contributed by atoms with E-state index in [0.717, 1.165) is 19.3 Å². The number of rotatable bonds is 9. The van der Waals surface area contributed by atoms with Crippen molar-refractivity contribution in [1.29, 1.82) is 0 Å². The second-order valence-electron chi connectivity index (χ2n) is 9.77. The second kappa shape index (κ2) is 9.30. The van der Waals surface area contributed by atoms with Crippen molar-refractivity contribution >= 4 is 29.3 Å². The lowest BCUT2D eigenvalue weighted by Crippen LogP contribution is -2.53. The molecule has 4 bridgehead atoms. The first-order chi connectivity index (χ1) is 15.3. The first-order valence-electron chi connectivity index (χ1n) is 11.6. The van der Waals surface area contributed by atoms with Gasteiger partial charge >= 0.3 is 0 Å². The van der Waals surface area contributed by atoms with Gasteiger partial charge in [-0.1, -0.05) is 12.1 Å². The molecule has 1 aromatic carbocycles. The molecule has 4 aliphatic carbocycles. The molecule has 32 heavy (non-hydrogen) atoms. The van der Waals surface area contributed by atoms with E-state index in [1.54, 1.807) is 24.3 Å². The Labute approximate surface area is 188 Å². The van der Waals surface area contributed by atoms with Crippen LogP contribution < -0.4 is 21.7 Å². The number of amides is 4. The number of benzene rings is 1. The molecule has 4 fully saturated rings. The number of primary amides is 1. The van der Waals surface area contributed by atoms with Gasteiger partial charge in [0.15, 0.2) is 0 Å². The molecule has 0 unspecified atom stereocenters. The molecule has 0 aromatic heterocycles. The highest BCUT2D eigenvalue weighted by Gasteiger charge is 2.54. The predicted molar refractivity (Wildman–Crippen MR) is 119 cm³/mol. The third-order valence-electron chi connectivity index (χ3n) is 7.26. The molecule has 0 radical (unpaired) electrons. The Balaban J connectivity index is 1.26. The van der Waals surface area contributed by atoms with Crippen LogP contribution in [0.1, 0.15) is 61.7 Å². The summed E-state index contributed by atoms with van der Waals surface area (Å²) in [6.45, 7) is 0.409. The molecule has 0 atom stereocenters. The van der Waals surface area contributed by atoms with Gasteiger partial charge in [0, 0.05) is 31.3 Å². The van der Waals surface area contributed by atoms with E-state index in [-0.39, 0.29) is 43.2 Å². The lowest BCUT2D eigenvalue weighted by atomic mass is 9.49. The van der Waals surface area contributed by atoms with E-state index in [1.165, 1.54) is 19.3 Å². The monoisotopic (exact) mass is 440 g/mol. The highest BCUT2D eigenvalue weighted by Crippen LogP contribution is 2.60. The summed E-state index contributed by atoms with van der Waals surface area (Å²) in [5, 5.41) is 8.38. The smallest absolute Gasteiger partial charge is 0.253 e. The van der Waals surface area contributed by atoms with Gasteiger partial charge in [0.05, 0.1) is 11.3 Å². The maximum Gasteiger partial charge on any atom is 0.253 e. The van der Waals surface area contributed by atoms with Crippen molar-refractivity contribution in [3.05, 3.63) is 29.8 Å². The van der Waals surface area contributed by atoms with Crippen LogP contribution >= 0.6 is 0 Å². The zero-order valence-electron chi connectivity index (χ0n) is 18.3. The van der Waals surface area contributed by atoms with E-state index in [9.17, 15) is 19.2 Å². The Morgan fingerprint density at radius 3 is 2.09 bits per heavy atom. The molecule has 5 rings (SSSR count). The van der Waals surface area contributed by atoms with Gasteiger partial charge in [-0.05, 0) is 68.4 Å². The van der Waals surface area contributed by atoms with Crippen LogP contribution in [0.5, 0.6) is 0 Å². The normalized spacial score (nSPS) is 27.6. The summed E-state index contributed by atoms with van der Waals surface area (Å²) in [6.07, 6.45) is 7.01. The summed E-state index contributed by atoms with van der Waals surface area (Å²) >= 11 is 0. The average Bonchev–Trinajstić information content (AvgIpc) is 2.72. The largest absolute Gasteiger partial charge is 0.370 e. The van der Waals surface area contributed by atoms with E-state index in [4.69, 9.17) is 5.73 Å². The summed E-state index contributed by atoms with van der Waals surface area (Å²) in [4.78, 5) is 48.7. The van der Waals surface area contributed by atoms with Crippen LogP contribution in [-0.2, 0) is 14.4 Å². The molecule has 0 heterocycles. The van der Waals surface area contributed by atoms with E-state index < -0.39 is 11.8 Å². The highest BCUT2D eigenvalue weighted by molar-refractivity contribution is 6.03. The zero-order chi connectivity index (χ0) is 22.7. The first-order valence-corrected chi connectivity index (χ1v) is 11.6. The fraction of sp³-hybridized carbons (Fsp3) is 0.583. The Bertz CT molecular complexity index is 878. The minimum atomic E-state index is -0.498. The second-order valence-corrected chi connectivity index (χ2v) is 9.77.